The Hall–Kier alpha value is -1.31. The smallest absolute Gasteiger partial charge is 0.303 e. The topological polar surface area (TPSA) is 75.9 Å². The van der Waals surface area contributed by atoms with Gasteiger partial charge in [-0.05, 0) is 37.4 Å². The highest BCUT2D eigenvalue weighted by molar-refractivity contribution is 7.90. The molecular formula is C14H23N3O3S. The molecule has 0 amide bonds. The summed E-state index contributed by atoms with van der Waals surface area (Å²) in [6.07, 6.45) is 1.64. The highest BCUT2D eigenvalue weighted by Gasteiger charge is 2.31. The van der Waals surface area contributed by atoms with E-state index in [1.807, 2.05) is 0 Å². The van der Waals surface area contributed by atoms with Crippen LogP contribution >= 0.6 is 0 Å². The molecule has 0 atom stereocenters. The van der Waals surface area contributed by atoms with E-state index in [1.54, 1.807) is 38.4 Å². The molecule has 21 heavy (non-hydrogen) atoms. The van der Waals surface area contributed by atoms with Gasteiger partial charge in [0.1, 0.15) is 5.75 Å². The van der Waals surface area contributed by atoms with Crippen LogP contribution in [0.1, 0.15) is 12.8 Å². The van der Waals surface area contributed by atoms with E-state index in [0.717, 1.165) is 12.8 Å². The molecule has 1 aliphatic rings. The molecule has 0 aliphatic carbocycles. The average molecular weight is 313 g/mol. The Morgan fingerprint density at radius 3 is 2.62 bits per heavy atom. The molecule has 1 aromatic carbocycles. The number of hydrogen-bond acceptors (Lipinski definition) is 4. The molecular weight excluding hydrogens is 290 g/mol. The van der Waals surface area contributed by atoms with Crippen LogP contribution in [0.5, 0.6) is 5.75 Å². The van der Waals surface area contributed by atoms with Crippen molar-refractivity contribution in [2.45, 2.75) is 12.8 Å². The van der Waals surface area contributed by atoms with Crippen molar-refractivity contribution in [1.82, 2.24) is 4.31 Å². The number of ether oxygens (including phenoxy) is 1. The first kappa shape index (κ1) is 16.1. The first-order valence-corrected chi connectivity index (χ1v) is 8.47. The minimum atomic E-state index is -3.50. The third kappa shape index (κ3) is 3.48. The van der Waals surface area contributed by atoms with Gasteiger partial charge in [0.05, 0.1) is 12.8 Å². The summed E-state index contributed by atoms with van der Waals surface area (Å²) in [5.41, 5.74) is 6.24. The second-order valence-corrected chi connectivity index (χ2v) is 7.21. The lowest BCUT2D eigenvalue weighted by Crippen LogP contribution is -2.46. The molecule has 1 heterocycles. The molecule has 1 saturated heterocycles. The highest BCUT2D eigenvalue weighted by atomic mass is 32.2. The molecule has 0 spiro atoms. The second kappa shape index (κ2) is 6.64. The predicted molar refractivity (Wildman–Crippen MR) is 83.7 cm³/mol. The van der Waals surface area contributed by atoms with Crippen LogP contribution in [0.15, 0.2) is 24.3 Å². The van der Waals surface area contributed by atoms with Crippen molar-refractivity contribution < 1.29 is 13.2 Å². The van der Waals surface area contributed by atoms with Crippen LogP contribution in [-0.4, -0.2) is 46.5 Å². The number of methoxy groups -OCH3 is 1. The van der Waals surface area contributed by atoms with Crippen molar-refractivity contribution in [2.24, 2.45) is 11.7 Å². The zero-order valence-corrected chi connectivity index (χ0v) is 13.3. The predicted octanol–water partition coefficient (Wildman–Crippen LogP) is 1.05. The Morgan fingerprint density at radius 2 is 2.05 bits per heavy atom. The van der Waals surface area contributed by atoms with Gasteiger partial charge in [-0.25, -0.2) is 0 Å². The van der Waals surface area contributed by atoms with Gasteiger partial charge < -0.3 is 10.5 Å². The summed E-state index contributed by atoms with van der Waals surface area (Å²) in [5, 5.41) is 0. The molecule has 0 unspecified atom stereocenters. The number of nitrogens with zero attached hydrogens (tertiary/aromatic N) is 2. The van der Waals surface area contributed by atoms with Gasteiger partial charge in [-0.3, -0.25) is 4.31 Å². The summed E-state index contributed by atoms with van der Waals surface area (Å²) in [7, 11) is -0.372. The van der Waals surface area contributed by atoms with Crippen molar-refractivity contribution in [3.63, 3.8) is 0 Å². The minimum absolute atomic E-state index is 0.429. The van der Waals surface area contributed by atoms with E-state index in [2.05, 4.69) is 0 Å². The zero-order chi connectivity index (χ0) is 15.5. The van der Waals surface area contributed by atoms with Crippen molar-refractivity contribution in [3.05, 3.63) is 24.3 Å². The maximum Gasteiger partial charge on any atom is 0.303 e. The molecule has 1 aromatic rings. The van der Waals surface area contributed by atoms with Gasteiger partial charge in [-0.1, -0.05) is 6.07 Å². The van der Waals surface area contributed by atoms with Gasteiger partial charge >= 0.3 is 10.2 Å². The maximum absolute atomic E-state index is 12.7. The fourth-order valence-electron chi connectivity index (χ4n) is 2.49. The first-order chi connectivity index (χ1) is 9.98. The summed E-state index contributed by atoms with van der Waals surface area (Å²) in [6, 6.07) is 7.04. The molecule has 0 saturated carbocycles. The van der Waals surface area contributed by atoms with E-state index in [4.69, 9.17) is 10.5 Å². The van der Waals surface area contributed by atoms with Crippen molar-refractivity contribution in [3.8, 4) is 5.75 Å². The van der Waals surface area contributed by atoms with Gasteiger partial charge in [0, 0.05) is 26.2 Å². The third-order valence-electron chi connectivity index (χ3n) is 4.00. The van der Waals surface area contributed by atoms with E-state index in [9.17, 15) is 8.42 Å². The Labute approximate surface area is 126 Å². The van der Waals surface area contributed by atoms with E-state index in [0.29, 0.717) is 37.0 Å². The number of piperidine rings is 1. The van der Waals surface area contributed by atoms with Crippen molar-refractivity contribution in [2.75, 3.05) is 38.1 Å². The van der Waals surface area contributed by atoms with Crippen LogP contribution in [0.2, 0.25) is 0 Å². The van der Waals surface area contributed by atoms with Crippen molar-refractivity contribution >= 4 is 15.9 Å². The third-order valence-corrected chi connectivity index (χ3v) is 5.92. The molecule has 6 nitrogen and oxygen atoms in total. The largest absolute Gasteiger partial charge is 0.497 e. The average Bonchev–Trinajstić information content (AvgIpc) is 2.54. The maximum atomic E-state index is 12.7. The van der Waals surface area contributed by atoms with Gasteiger partial charge in [0.25, 0.3) is 0 Å². The van der Waals surface area contributed by atoms with Gasteiger partial charge in [0.2, 0.25) is 0 Å². The summed E-state index contributed by atoms with van der Waals surface area (Å²) in [5.74, 6) is 1.06. The van der Waals surface area contributed by atoms with Crippen LogP contribution in [0.25, 0.3) is 0 Å². The van der Waals surface area contributed by atoms with E-state index < -0.39 is 10.2 Å². The Bertz CT molecular complexity index is 569. The lowest BCUT2D eigenvalue weighted by molar-refractivity contribution is 0.278. The number of rotatable bonds is 5. The van der Waals surface area contributed by atoms with Crippen LogP contribution in [-0.2, 0) is 10.2 Å². The fourth-order valence-corrected chi connectivity index (χ4v) is 3.89. The van der Waals surface area contributed by atoms with Gasteiger partial charge in [-0.15, -0.1) is 0 Å². The van der Waals surface area contributed by atoms with E-state index in [-0.39, 0.29) is 0 Å². The summed E-state index contributed by atoms with van der Waals surface area (Å²) in [4.78, 5) is 0. The number of nitrogens with two attached hydrogens (primary N) is 1. The van der Waals surface area contributed by atoms with Crippen LogP contribution in [0, 0.1) is 5.92 Å². The lowest BCUT2D eigenvalue weighted by Gasteiger charge is -2.34. The zero-order valence-electron chi connectivity index (χ0n) is 12.5. The quantitative estimate of drug-likeness (QED) is 0.881. The molecule has 7 heteroatoms. The van der Waals surface area contributed by atoms with Crippen LogP contribution < -0.4 is 14.8 Å². The second-order valence-electron chi connectivity index (χ2n) is 5.25. The van der Waals surface area contributed by atoms with Gasteiger partial charge in [0.15, 0.2) is 0 Å². The molecule has 2 rings (SSSR count). The Morgan fingerprint density at radius 1 is 1.38 bits per heavy atom. The minimum Gasteiger partial charge on any atom is -0.497 e. The van der Waals surface area contributed by atoms with E-state index in [1.165, 1.54) is 8.61 Å². The standard InChI is InChI=1S/C14H23N3O3S/c1-16(13-4-3-5-14(10-13)20-2)21(18,19)17-8-6-12(11-15)7-9-17/h3-5,10,12H,6-9,11,15H2,1-2H3. The van der Waals surface area contributed by atoms with E-state index >= 15 is 0 Å². The molecule has 1 aliphatic heterocycles. The first-order valence-electron chi connectivity index (χ1n) is 7.07. The number of benzene rings is 1. The van der Waals surface area contributed by atoms with Gasteiger partial charge in [-0.2, -0.15) is 12.7 Å². The summed E-state index contributed by atoms with van der Waals surface area (Å²) >= 11 is 0. The van der Waals surface area contributed by atoms with Crippen molar-refractivity contribution in [1.29, 1.82) is 0 Å². The van der Waals surface area contributed by atoms with Crippen LogP contribution in [0.4, 0.5) is 5.69 Å². The summed E-state index contributed by atoms with van der Waals surface area (Å²) < 4.78 is 33.3. The highest BCUT2D eigenvalue weighted by Crippen LogP contribution is 2.26. The number of hydrogen-bond donors (Lipinski definition) is 1. The normalized spacial score (nSPS) is 17.7. The molecule has 0 bridgehead atoms. The monoisotopic (exact) mass is 313 g/mol. The molecule has 1 fully saturated rings. The number of anilines is 1. The molecule has 0 aromatic heterocycles. The molecule has 2 N–H and O–H groups in total. The Balaban J connectivity index is 2.15. The Kier molecular flexibility index (Phi) is 5.08. The molecule has 0 radical (unpaired) electrons. The lowest BCUT2D eigenvalue weighted by atomic mass is 9.99. The molecule has 118 valence electrons. The van der Waals surface area contributed by atoms with Crippen LogP contribution in [0.3, 0.4) is 0 Å². The SMILES string of the molecule is COc1cccc(N(C)S(=O)(=O)N2CCC(CN)CC2)c1. The summed E-state index contributed by atoms with van der Waals surface area (Å²) in [6.45, 7) is 1.68. The fraction of sp³-hybridized carbons (Fsp3) is 0.571.